The molecule has 1 amide bonds. The summed E-state index contributed by atoms with van der Waals surface area (Å²) < 4.78 is 5.77. The number of pyridine rings is 1. The van der Waals surface area contributed by atoms with Crippen molar-refractivity contribution >= 4 is 11.9 Å². The molecule has 6 heteroatoms. The minimum Gasteiger partial charge on any atom is -0.481 e. The number of hydrogen-bond donors (Lipinski definition) is 1. The van der Waals surface area contributed by atoms with Crippen LogP contribution in [0.15, 0.2) is 42.6 Å². The number of hydrogen-bond acceptors (Lipinski definition) is 4. The van der Waals surface area contributed by atoms with Gasteiger partial charge in [-0.05, 0) is 36.5 Å². The van der Waals surface area contributed by atoms with E-state index in [1.807, 2.05) is 24.3 Å². The molecule has 2 aliphatic rings. The van der Waals surface area contributed by atoms with E-state index in [0.717, 1.165) is 30.4 Å². The van der Waals surface area contributed by atoms with Gasteiger partial charge in [-0.25, -0.2) is 4.98 Å². The number of fused-ring (bicyclic) bond motifs is 1. The monoisotopic (exact) mass is 352 g/mol. The molecule has 1 atom stereocenters. The Hall–Kier alpha value is -2.89. The molecule has 2 aromatic rings. The van der Waals surface area contributed by atoms with Gasteiger partial charge >= 0.3 is 5.97 Å². The van der Waals surface area contributed by atoms with Gasteiger partial charge in [0.15, 0.2) is 0 Å². The summed E-state index contributed by atoms with van der Waals surface area (Å²) in [6.07, 6.45) is 4.94. The number of aliphatic carboxylic acids is 1. The quantitative estimate of drug-likeness (QED) is 0.915. The summed E-state index contributed by atoms with van der Waals surface area (Å²) in [7, 11) is 0. The fourth-order valence-corrected chi connectivity index (χ4v) is 3.42. The van der Waals surface area contributed by atoms with Crippen LogP contribution in [0.25, 0.3) is 0 Å². The Morgan fingerprint density at radius 3 is 2.73 bits per heavy atom. The topological polar surface area (TPSA) is 79.7 Å². The van der Waals surface area contributed by atoms with Crippen molar-refractivity contribution in [3.05, 3.63) is 59.3 Å². The second-order valence-corrected chi connectivity index (χ2v) is 6.83. The smallest absolute Gasteiger partial charge is 0.312 e. The highest BCUT2D eigenvalue weighted by atomic mass is 16.5. The second-order valence-electron chi connectivity index (χ2n) is 6.83. The lowest BCUT2D eigenvalue weighted by atomic mass is 9.89. The first-order chi connectivity index (χ1) is 12.6. The predicted octanol–water partition coefficient (Wildman–Crippen LogP) is 2.84. The molecule has 4 rings (SSSR count). The van der Waals surface area contributed by atoms with Crippen molar-refractivity contribution in [3.63, 3.8) is 0 Å². The minimum absolute atomic E-state index is 0.159. The van der Waals surface area contributed by atoms with Gasteiger partial charge in [0.2, 0.25) is 5.88 Å². The van der Waals surface area contributed by atoms with E-state index < -0.39 is 11.9 Å². The van der Waals surface area contributed by atoms with Crippen molar-refractivity contribution < 1.29 is 19.4 Å². The Kier molecular flexibility index (Phi) is 4.32. The highest BCUT2D eigenvalue weighted by molar-refractivity contribution is 5.95. The minimum atomic E-state index is -0.918. The van der Waals surface area contributed by atoms with E-state index in [2.05, 4.69) is 4.98 Å². The summed E-state index contributed by atoms with van der Waals surface area (Å²) in [5.41, 5.74) is 2.13. The third-order valence-corrected chi connectivity index (χ3v) is 5.10. The van der Waals surface area contributed by atoms with Crippen LogP contribution in [0.3, 0.4) is 0 Å². The van der Waals surface area contributed by atoms with E-state index in [-0.39, 0.29) is 18.6 Å². The van der Waals surface area contributed by atoms with E-state index in [9.17, 15) is 14.7 Å². The molecule has 1 unspecified atom stereocenters. The number of carboxylic acid groups (broad SMARTS) is 1. The lowest BCUT2D eigenvalue weighted by Gasteiger charge is -2.33. The number of nitrogens with zero attached hydrogens (tertiary/aromatic N) is 2. The molecule has 0 bridgehead atoms. The number of carbonyl (C=O) groups excluding carboxylic acids is 1. The van der Waals surface area contributed by atoms with Crippen molar-refractivity contribution in [1.82, 2.24) is 9.88 Å². The van der Waals surface area contributed by atoms with Crippen LogP contribution in [-0.4, -0.2) is 39.5 Å². The Morgan fingerprint density at radius 1 is 1.19 bits per heavy atom. The number of aromatic nitrogens is 1. The van der Waals surface area contributed by atoms with Crippen LogP contribution >= 0.6 is 0 Å². The SMILES string of the molecule is O=C(O)C1CN(C(=O)c2ccnc(OC3CCC3)c2)Cc2ccccc21. The van der Waals surface area contributed by atoms with Gasteiger partial charge in [0.05, 0.1) is 5.92 Å². The largest absolute Gasteiger partial charge is 0.481 e. The second kappa shape index (κ2) is 6.78. The van der Waals surface area contributed by atoms with Crippen molar-refractivity contribution in [3.8, 4) is 5.88 Å². The summed E-state index contributed by atoms with van der Waals surface area (Å²) in [6, 6.07) is 10.7. The normalized spacial score (nSPS) is 19.4. The molecule has 6 nitrogen and oxygen atoms in total. The molecule has 134 valence electrons. The summed E-state index contributed by atoms with van der Waals surface area (Å²) >= 11 is 0. The Morgan fingerprint density at radius 2 is 2.00 bits per heavy atom. The molecule has 1 aliphatic heterocycles. The summed E-state index contributed by atoms with van der Waals surface area (Å²) in [6.45, 7) is 0.562. The van der Waals surface area contributed by atoms with Crippen LogP contribution in [0.4, 0.5) is 0 Å². The first kappa shape index (κ1) is 16.6. The van der Waals surface area contributed by atoms with Crippen LogP contribution in [-0.2, 0) is 11.3 Å². The predicted molar refractivity (Wildman–Crippen MR) is 94.1 cm³/mol. The van der Waals surface area contributed by atoms with E-state index in [1.54, 1.807) is 23.2 Å². The number of amides is 1. The lowest BCUT2D eigenvalue weighted by Crippen LogP contribution is -2.40. The fourth-order valence-electron chi connectivity index (χ4n) is 3.42. The summed E-state index contributed by atoms with van der Waals surface area (Å²) in [4.78, 5) is 30.4. The molecule has 1 aliphatic carbocycles. The standard InChI is InChI=1S/C20H20N2O4/c23-19(13-8-9-21-18(10-13)26-15-5-3-6-15)22-11-14-4-1-2-7-16(14)17(12-22)20(24)25/h1-2,4,7-10,15,17H,3,5-6,11-12H2,(H,24,25). The number of benzene rings is 1. The van der Waals surface area contributed by atoms with Crippen molar-refractivity contribution in [2.75, 3.05) is 6.54 Å². The van der Waals surface area contributed by atoms with Gasteiger partial charge in [-0.1, -0.05) is 24.3 Å². The van der Waals surface area contributed by atoms with E-state index in [4.69, 9.17) is 4.74 Å². The lowest BCUT2D eigenvalue weighted by molar-refractivity contribution is -0.139. The average molecular weight is 352 g/mol. The molecule has 2 heterocycles. The zero-order valence-corrected chi connectivity index (χ0v) is 14.3. The van der Waals surface area contributed by atoms with Gasteiger partial charge in [0.25, 0.3) is 5.91 Å². The highest BCUT2D eigenvalue weighted by Gasteiger charge is 2.33. The molecule has 26 heavy (non-hydrogen) atoms. The van der Waals surface area contributed by atoms with Gasteiger partial charge in [-0.15, -0.1) is 0 Å². The number of rotatable bonds is 4. The van der Waals surface area contributed by atoms with Crippen molar-refractivity contribution in [1.29, 1.82) is 0 Å². The van der Waals surface area contributed by atoms with Crippen LogP contribution < -0.4 is 4.74 Å². The van der Waals surface area contributed by atoms with Gasteiger partial charge < -0.3 is 14.7 Å². The van der Waals surface area contributed by atoms with Crippen LogP contribution in [0.5, 0.6) is 5.88 Å². The molecule has 1 aromatic carbocycles. The van der Waals surface area contributed by atoms with E-state index in [0.29, 0.717) is 18.0 Å². The first-order valence-corrected chi connectivity index (χ1v) is 8.84. The number of ether oxygens (including phenoxy) is 1. The molecule has 0 spiro atoms. The number of carbonyl (C=O) groups is 2. The van der Waals surface area contributed by atoms with E-state index in [1.165, 1.54) is 0 Å². The maximum Gasteiger partial charge on any atom is 0.312 e. The van der Waals surface area contributed by atoms with Gasteiger partial charge in [-0.2, -0.15) is 0 Å². The Bertz CT molecular complexity index is 847. The molecule has 1 fully saturated rings. The van der Waals surface area contributed by atoms with E-state index >= 15 is 0 Å². The first-order valence-electron chi connectivity index (χ1n) is 8.84. The van der Waals surface area contributed by atoms with Gasteiger partial charge in [-0.3, -0.25) is 9.59 Å². The molecule has 0 saturated heterocycles. The Labute approximate surface area is 151 Å². The third-order valence-electron chi connectivity index (χ3n) is 5.10. The van der Waals surface area contributed by atoms with Gasteiger partial charge in [0, 0.05) is 30.9 Å². The van der Waals surface area contributed by atoms with Crippen molar-refractivity contribution in [2.24, 2.45) is 0 Å². The van der Waals surface area contributed by atoms with Crippen LogP contribution in [0.2, 0.25) is 0 Å². The maximum atomic E-state index is 12.9. The third kappa shape index (κ3) is 3.14. The number of carboxylic acids is 1. The van der Waals surface area contributed by atoms with Crippen molar-refractivity contribution in [2.45, 2.75) is 37.8 Å². The zero-order valence-electron chi connectivity index (χ0n) is 14.3. The van der Waals surface area contributed by atoms with Crippen LogP contribution in [0, 0.1) is 0 Å². The molecule has 1 aromatic heterocycles. The summed E-state index contributed by atoms with van der Waals surface area (Å²) in [5, 5.41) is 9.56. The maximum absolute atomic E-state index is 12.9. The summed E-state index contributed by atoms with van der Waals surface area (Å²) in [5.74, 6) is -1.38. The highest BCUT2D eigenvalue weighted by Crippen LogP contribution is 2.30. The molecule has 1 N–H and O–H groups in total. The molecular weight excluding hydrogens is 332 g/mol. The molecule has 1 saturated carbocycles. The fraction of sp³-hybridized carbons (Fsp3) is 0.350. The Balaban J connectivity index is 1.56. The van der Waals surface area contributed by atoms with Gasteiger partial charge in [0.1, 0.15) is 6.10 Å². The molecular formula is C20H20N2O4. The molecule has 0 radical (unpaired) electrons. The van der Waals surface area contributed by atoms with Crippen LogP contribution in [0.1, 0.15) is 46.7 Å². The zero-order chi connectivity index (χ0) is 18.1. The average Bonchev–Trinajstić information content (AvgIpc) is 2.63.